The number of nitro groups is 1. The van der Waals surface area contributed by atoms with Crippen molar-refractivity contribution < 1.29 is 14.0 Å². The molecule has 0 atom stereocenters. The van der Waals surface area contributed by atoms with Crippen LogP contribution >= 0.6 is 0 Å². The van der Waals surface area contributed by atoms with Crippen molar-refractivity contribution in [2.24, 2.45) is 0 Å². The van der Waals surface area contributed by atoms with E-state index in [1.54, 1.807) is 30.4 Å². The minimum absolute atomic E-state index is 0.0601. The molecular weight excluding hydrogens is 325 g/mol. The summed E-state index contributed by atoms with van der Waals surface area (Å²) in [6, 6.07) is 13.1. The summed E-state index contributed by atoms with van der Waals surface area (Å²) in [6.45, 7) is 0. The first-order valence-corrected chi connectivity index (χ1v) is 7.31. The molecule has 0 aliphatic heterocycles. The van der Waals surface area contributed by atoms with Crippen LogP contribution in [-0.2, 0) is 0 Å². The maximum absolute atomic E-state index is 12.9. The molecule has 0 amide bonds. The maximum atomic E-state index is 12.9. The van der Waals surface area contributed by atoms with Crippen molar-refractivity contribution in [3.05, 3.63) is 93.2 Å². The number of aromatic nitrogens is 2. The molecule has 124 valence electrons. The summed E-state index contributed by atoms with van der Waals surface area (Å²) >= 11 is 0. The summed E-state index contributed by atoms with van der Waals surface area (Å²) in [4.78, 5) is 14.4. The van der Waals surface area contributed by atoms with Crippen molar-refractivity contribution in [2.45, 2.75) is 0 Å². The molecule has 0 radical (unpaired) electrons. The van der Waals surface area contributed by atoms with Gasteiger partial charge in [-0.05, 0) is 34.8 Å². The number of nitrogens with zero attached hydrogens (tertiary/aromatic N) is 3. The van der Waals surface area contributed by atoms with Gasteiger partial charge >= 0.3 is 5.82 Å². The normalized spacial score (nSPS) is 10.9. The lowest BCUT2D eigenvalue weighted by Gasteiger charge is -2.09. The van der Waals surface area contributed by atoms with Gasteiger partial charge in [-0.2, -0.15) is 0 Å². The fraction of sp³-hybridized carbons (Fsp3) is 0. The number of rotatable bonds is 4. The van der Waals surface area contributed by atoms with Crippen molar-refractivity contribution in [1.29, 1.82) is 0 Å². The zero-order valence-electron chi connectivity index (χ0n) is 12.9. The largest absolute Gasteiger partial charge is 0.710 e. The molecule has 0 spiro atoms. The number of hydrogen-bond donors (Lipinski definition) is 0. The van der Waals surface area contributed by atoms with E-state index in [1.807, 2.05) is 0 Å². The van der Waals surface area contributed by atoms with Gasteiger partial charge in [-0.1, -0.05) is 24.3 Å². The van der Waals surface area contributed by atoms with Gasteiger partial charge in [0, 0.05) is 18.2 Å². The van der Waals surface area contributed by atoms with Gasteiger partial charge in [0.15, 0.2) is 0 Å². The van der Waals surface area contributed by atoms with Crippen LogP contribution in [0.1, 0.15) is 11.3 Å². The Morgan fingerprint density at radius 3 is 2.56 bits per heavy atom. The highest BCUT2D eigenvalue weighted by Gasteiger charge is 2.16. The Labute approximate surface area is 142 Å². The summed E-state index contributed by atoms with van der Waals surface area (Å²) in [5.74, 6) is -0.280. The molecular formula is C18H12FN3O3. The predicted octanol–water partition coefficient (Wildman–Crippen LogP) is 3.60. The van der Waals surface area contributed by atoms with Crippen LogP contribution < -0.4 is 4.73 Å². The second-order valence-electron chi connectivity index (χ2n) is 5.18. The highest BCUT2D eigenvalue weighted by Crippen LogP contribution is 2.20. The first kappa shape index (κ1) is 16.3. The standard InChI is InChI=1S/C18H12FN3O3/c19-15-7-4-13(5-8-15)6-9-16-10-11-20-18(21(16)23)14-2-1-3-17(12-14)22(24)25/h1-12H/b9-6+. The Bertz CT molecular complexity index is 956. The predicted molar refractivity (Wildman–Crippen MR) is 90.6 cm³/mol. The Kier molecular flexibility index (Phi) is 4.47. The van der Waals surface area contributed by atoms with Crippen molar-refractivity contribution in [1.82, 2.24) is 4.98 Å². The fourth-order valence-corrected chi connectivity index (χ4v) is 2.26. The maximum Gasteiger partial charge on any atom is 0.333 e. The molecule has 25 heavy (non-hydrogen) atoms. The Morgan fingerprint density at radius 2 is 1.84 bits per heavy atom. The molecule has 0 saturated carbocycles. The number of nitro benzene ring substituents is 1. The smallest absolute Gasteiger partial charge is 0.333 e. The van der Waals surface area contributed by atoms with Crippen molar-refractivity contribution >= 4 is 17.8 Å². The van der Waals surface area contributed by atoms with Gasteiger partial charge in [0.1, 0.15) is 17.7 Å². The zero-order chi connectivity index (χ0) is 17.8. The van der Waals surface area contributed by atoms with E-state index in [2.05, 4.69) is 4.98 Å². The third kappa shape index (κ3) is 3.66. The topological polar surface area (TPSA) is 83.0 Å². The first-order valence-electron chi connectivity index (χ1n) is 7.31. The van der Waals surface area contributed by atoms with Crippen LogP contribution in [0.2, 0.25) is 0 Å². The molecule has 0 saturated heterocycles. The van der Waals surface area contributed by atoms with E-state index in [1.165, 1.54) is 42.6 Å². The summed E-state index contributed by atoms with van der Waals surface area (Å²) in [6.07, 6.45) is 4.69. The lowest BCUT2D eigenvalue weighted by Crippen LogP contribution is -2.33. The monoisotopic (exact) mass is 337 g/mol. The lowest BCUT2D eigenvalue weighted by atomic mass is 10.1. The number of hydrogen-bond acceptors (Lipinski definition) is 4. The molecule has 7 heteroatoms. The molecule has 0 fully saturated rings. The summed E-state index contributed by atoms with van der Waals surface area (Å²) in [7, 11) is 0. The number of benzene rings is 2. The van der Waals surface area contributed by atoms with Crippen molar-refractivity contribution in [3.63, 3.8) is 0 Å². The van der Waals surface area contributed by atoms with E-state index in [0.717, 1.165) is 5.56 Å². The van der Waals surface area contributed by atoms with Gasteiger partial charge in [0.25, 0.3) is 5.69 Å². The van der Waals surface area contributed by atoms with E-state index in [4.69, 9.17) is 0 Å². The summed E-state index contributed by atoms with van der Waals surface area (Å²) in [5.41, 5.74) is 1.27. The highest BCUT2D eigenvalue weighted by molar-refractivity contribution is 5.67. The Morgan fingerprint density at radius 1 is 1.08 bits per heavy atom. The van der Waals surface area contributed by atoms with E-state index >= 15 is 0 Å². The van der Waals surface area contributed by atoms with Crippen LogP contribution in [0, 0.1) is 21.1 Å². The second-order valence-corrected chi connectivity index (χ2v) is 5.18. The Balaban J connectivity index is 1.96. The molecule has 1 heterocycles. The second kappa shape index (κ2) is 6.88. The third-order valence-corrected chi connectivity index (χ3v) is 3.50. The number of non-ortho nitro benzene ring substituents is 1. The van der Waals surface area contributed by atoms with Crippen LogP contribution in [0.4, 0.5) is 10.1 Å². The molecule has 0 unspecified atom stereocenters. The lowest BCUT2D eigenvalue weighted by molar-refractivity contribution is -0.598. The van der Waals surface area contributed by atoms with Gasteiger partial charge in [-0.15, -0.1) is 0 Å². The Hall–Kier alpha value is -3.61. The minimum Gasteiger partial charge on any atom is -0.710 e. The van der Waals surface area contributed by atoms with Crippen molar-refractivity contribution in [2.75, 3.05) is 0 Å². The summed E-state index contributed by atoms with van der Waals surface area (Å²) in [5, 5.41) is 23.4. The molecule has 1 aromatic heterocycles. The van der Waals surface area contributed by atoms with Gasteiger partial charge in [0.2, 0.25) is 0 Å². The van der Waals surface area contributed by atoms with Crippen LogP contribution in [0.15, 0.2) is 60.8 Å². The zero-order valence-corrected chi connectivity index (χ0v) is 12.9. The molecule has 3 aromatic rings. The first-order chi connectivity index (χ1) is 12.0. The SMILES string of the molecule is O=[N+]([O-])c1cccc(-c2nccc(/C=C/c3ccc(F)cc3)[n+]2[O-])c1. The highest BCUT2D eigenvalue weighted by atomic mass is 19.1. The molecule has 6 nitrogen and oxygen atoms in total. The molecule has 0 bridgehead atoms. The average Bonchev–Trinajstić information content (AvgIpc) is 2.62. The van der Waals surface area contributed by atoms with Gasteiger partial charge in [0.05, 0.1) is 10.5 Å². The van der Waals surface area contributed by atoms with Crippen molar-refractivity contribution in [3.8, 4) is 11.4 Å². The van der Waals surface area contributed by atoms with Gasteiger partial charge in [-0.25, -0.2) is 9.12 Å². The van der Waals surface area contributed by atoms with E-state index in [0.29, 0.717) is 16.0 Å². The average molecular weight is 337 g/mol. The van der Waals surface area contributed by atoms with E-state index in [9.17, 15) is 19.7 Å². The van der Waals surface area contributed by atoms with Crippen LogP contribution in [0.3, 0.4) is 0 Å². The van der Waals surface area contributed by atoms with E-state index in [-0.39, 0.29) is 17.3 Å². The van der Waals surface area contributed by atoms with Crippen LogP contribution in [0.5, 0.6) is 0 Å². The number of halogens is 1. The van der Waals surface area contributed by atoms with Crippen LogP contribution in [0.25, 0.3) is 23.5 Å². The molecule has 2 aromatic carbocycles. The quantitative estimate of drug-likeness (QED) is 0.315. The van der Waals surface area contributed by atoms with Crippen LogP contribution in [-0.4, -0.2) is 9.91 Å². The van der Waals surface area contributed by atoms with Gasteiger partial charge in [-0.3, -0.25) is 10.1 Å². The molecule has 0 aliphatic rings. The third-order valence-electron chi connectivity index (χ3n) is 3.50. The fourth-order valence-electron chi connectivity index (χ4n) is 2.26. The van der Waals surface area contributed by atoms with E-state index < -0.39 is 4.92 Å². The van der Waals surface area contributed by atoms with Gasteiger partial charge < -0.3 is 5.21 Å². The molecule has 0 N–H and O–H groups in total. The summed E-state index contributed by atoms with van der Waals surface area (Å²) < 4.78 is 13.5. The molecule has 3 rings (SSSR count). The molecule has 0 aliphatic carbocycles. The minimum atomic E-state index is -0.531.